The predicted molar refractivity (Wildman–Crippen MR) is 164 cm³/mol. The van der Waals surface area contributed by atoms with E-state index < -0.39 is 0 Å². The number of nitrogens with zero attached hydrogens (tertiary/aromatic N) is 5. The zero-order valence-electron chi connectivity index (χ0n) is 24.7. The maximum absolute atomic E-state index is 14.2. The van der Waals surface area contributed by atoms with Gasteiger partial charge in [-0.15, -0.1) is 0 Å². The number of carbonyl (C=O) groups excluding carboxylic acids is 1. The highest BCUT2D eigenvalue weighted by Crippen LogP contribution is 2.46. The van der Waals surface area contributed by atoms with Gasteiger partial charge in [-0.2, -0.15) is 4.98 Å². The summed E-state index contributed by atoms with van der Waals surface area (Å²) >= 11 is 0. The maximum Gasteiger partial charge on any atom is 0.354 e. The van der Waals surface area contributed by atoms with Gasteiger partial charge in [-0.3, -0.25) is 14.3 Å². The van der Waals surface area contributed by atoms with Crippen LogP contribution in [-0.4, -0.2) is 58.1 Å². The SMILES string of the molecule is C=CC(=O)N1CCN(c2nc(=O)n(-c3c(C)ccnc3C(C)C)c3cc4c(cc23)OCc2cccc(OC)c2-4)[C@@H](C)C1. The first-order chi connectivity index (χ1) is 20.2. The monoisotopic (exact) mass is 565 g/mol. The van der Waals surface area contributed by atoms with Crippen molar-refractivity contribution in [1.29, 1.82) is 0 Å². The first-order valence-corrected chi connectivity index (χ1v) is 14.3. The minimum absolute atomic E-state index is 0.0716. The van der Waals surface area contributed by atoms with Crippen molar-refractivity contribution in [2.24, 2.45) is 0 Å². The van der Waals surface area contributed by atoms with Gasteiger partial charge in [-0.25, -0.2) is 4.79 Å². The molecule has 0 N–H and O–H groups in total. The van der Waals surface area contributed by atoms with Gasteiger partial charge >= 0.3 is 5.69 Å². The average Bonchev–Trinajstić information content (AvgIpc) is 2.99. The third kappa shape index (κ3) is 4.40. The van der Waals surface area contributed by atoms with E-state index in [0.29, 0.717) is 43.3 Å². The van der Waals surface area contributed by atoms with Crippen molar-refractivity contribution in [3.8, 4) is 28.3 Å². The van der Waals surface area contributed by atoms with Crippen molar-refractivity contribution in [3.63, 3.8) is 0 Å². The highest BCUT2D eigenvalue weighted by Gasteiger charge is 2.31. The van der Waals surface area contributed by atoms with E-state index in [4.69, 9.17) is 14.5 Å². The largest absolute Gasteiger partial charge is 0.496 e. The van der Waals surface area contributed by atoms with Gasteiger partial charge in [0.25, 0.3) is 0 Å². The molecule has 42 heavy (non-hydrogen) atoms. The summed E-state index contributed by atoms with van der Waals surface area (Å²) in [5.41, 5.74) is 5.65. The predicted octanol–water partition coefficient (Wildman–Crippen LogP) is 5.00. The maximum atomic E-state index is 14.2. The van der Waals surface area contributed by atoms with Gasteiger partial charge in [0.15, 0.2) is 0 Å². The van der Waals surface area contributed by atoms with Crippen LogP contribution in [0.4, 0.5) is 5.82 Å². The molecule has 4 heterocycles. The molecule has 1 fully saturated rings. The number of ether oxygens (including phenoxy) is 2. The van der Waals surface area contributed by atoms with Crippen LogP contribution in [0.2, 0.25) is 0 Å². The lowest BCUT2D eigenvalue weighted by atomic mass is 9.94. The Kier molecular flexibility index (Phi) is 6.96. The lowest BCUT2D eigenvalue weighted by molar-refractivity contribution is -0.126. The molecule has 0 bridgehead atoms. The molecule has 4 aromatic rings. The van der Waals surface area contributed by atoms with Crippen LogP contribution in [0, 0.1) is 6.92 Å². The van der Waals surface area contributed by atoms with E-state index in [1.54, 1.807) is 22.8 Å². The minimum Gasteiger partial charge on any atom is -0.496 e. The quantitative estimate of drug-likeness (QED) is 0.315. The Morgan fingerprint density at radius 2 is 2.02 bits per heavy atom. The topological polar surface area (TPSA) is 89.8 Å². The van der Waals surface area contributed by atoms with E-state index in [0.717, 1.165) is 44.8 Å². The van der Waals surface area contributed by atoms with Crippen LogP contribution in [0.25, 0.3) is 27.7 Å². The van der Waals surface area contributed by atoms with Crippen molar-refractivity contribution < 1.29 is 14.3 Å². The molecule has 9 heteroatoms. The molecule has 0 saturated carbocycles. The Morgan fingerprint density at radius 3 is 2.74 bits per heavy atom. The highest BCUT2D eigenvalue weighted by atomic mass is 16.5. The van der Waals surface area contributed by atoms with Crippen molar-refractivity contribution in [3.05, 3.63) is 82.6 Å². The zero-order valence-corrected chi connectivity index (χ0v) is 24.7. The molecule has 2 aliphatic heterocycles. The summed E-state index contributed by atoms with van der Waals surface area (Å²) in [4.78, 5) is 39.8. The average molecular weight is 566 g/mol. The Labute approximate surface area is 245 Å². The van der Waals surface area contributed by atoms with Crippen LogP contribution in [0.3, 0.4) is 0 Å². The highest BCUT2D eigenvalue weighted by molar-refractivity contribution is 5.98. The van der Waals surface area contributed by atoms with E-state index in [9.17, 15) is 9.59 Å². The van der Waals surface area contributed by atoms with Crippen molar-refractivity contribution in [2.75, 3.05) is 31.6 Å². The zero-order chi connectivity index (χ0) is 29.7. The molecule has 0 aliphatic carbocycles. The summed E-state index contributed by atoms with van der Waals surface area (Å²) in [6, 6.07) is 11.8. The third-order valence-electron chi connectivity index (χ3n) is 8.27. The van der Waals surface area contributed by atoms with Crippen molar-refractivity contribution >= 4 is 22.6 Å². The van der Waals surface area contributed by atoms with Crippen LogP contribution >= 0.6 is 0 Å². The standard InChI is InChI=1S/C33H35N5O4/c1-7-28(39)36-13-14-37(21(5)17-36)32-23-16-27-24(29-22(18-42-27)9-8-10-26(29)41-6)15-25(23)38(33(40)35-32)31-20(4)11-12-34-30(31)19(2)3/h7-12,15-16,19,21H,1,13-14,17-18H2,2-6H3/t21-/m0/s1. The second-order valence-electron chi connectivity index (χ2n) is 11.2. The molecular formula is C33H35N5O4. The fourth-order valence-electron chi connectivity index (χ4n) is 6.20. The molecule has 216 valence electrons. The van der Waals surface area contributed by atoms with E-state index in [1.165, 1.54) is 6.08 Å². The number of anilines is 1. The number of aryl methyl sites for hydroxylation is 1. The molecular weight excluding hydrogens is 530 g/mol. The van der Waals surface area contributed by atoms with E-state index in [-0.39, 0.29) is 23.6 Å². The number of rotatable bonds is 5. The number of methoxy groups -OCH3 is 1. The Bertz CT molecular complexity index is 1780. The van der Waals surface area contributed by atoms with Gasteiger partial charge in [0.1, 0.15) is 23.9 Å². The lowest BCUT2D eigenvalue weighted by Gasteiger charge is -2.40. The third-order valence-corrected chi connectivity index (χ3v) is 8.27. The molecule has 0 radical (unpaired) electrons. The second kappa shape index (κ2) is 10.6. The van der Waals surface area contributed by atoms with Gasteiger partial charge in [0.2, 0.25) is 5.91 Å². The molecule has 0 unspecified atom stereocenters. The van der Waals surface area contributed by atoms with E-state index >= 15 is 0 Å². The van der Waals surface area contributed by atoms with Crippen LogP contribution in [0.15, 0.2) is 60.0 Å². The van der Waals surface area contributed by atoms with Crippen LogP contribution in [0.1, 0.15) is 43.5 Å². The lowest BCUT2D eigenvalue weighted by Crippen LogP contribution is -2.54. The molecule has 9 nitrogen and oxygen atoms in total. The van der Waals surface area contributed by atoms with Gasteiger partial charge < -0.3 is 19.3 Å². The number of hydrogen-bond donors (Lipinski definition) is 0. The molecule has 1 saturated heterocycles. The molecule has 1 atom stereocenters. The van der Waals surface area contributed by atoms with Crippen molar-refractivity contribution in [1.82, 2.24) is 19.4 Å². The smallest absolute Gasteiger partial charge is 0.354 e. The van der Waals surface area contributed by atoms with E-state index in [1.807, 2.05) is 50.2 Å². The fraction of sp³-hybridized carbons (Fsp3) is 0.333. The van der Waals surface area contributed by atoms with Gasteiger partial charge in [0, 0.05) is 53.9 Å². The number of hydrogen-bond acceptors (Lipinski definition) is 7. The molecule has 6 rings (SSSR count). The number of fused-ring (bicyclic) bond motifs is 4. The summed E-state index contributed by atoms with van der Waals surface area (Å²) in [6.45, 7) is 13.8. The van der Waals surface area contributed by atoms with Gasteiger partial charge in [-0.1, -0.05) is 32.6 Å². The number of amides is 1. The fourth-order valence-corrected chi connectivity index (χ4v) is 6.20. The number of benzene rings is 2. The Balaban J connectivity index is 1.65. The summed E-state index contributed by atoms with van der Waals surface area (Å²) in [6.07, 6.45) is 3.13. The first-order valence-electron chi connectivity index (χ1n) is 14.3. The van der Waals surface area contributed by atoms with Crippen LogP contribution in [-0.2, 0) is 11.4 Å². The summed E-state index contributed by atoms with van der Waals surface area (Å²) in [5, 5.41) is 0.792. The van der Waals surface area contributed by atoms with Crippen LogP contribution < -0.4 is 20.1 Å². The van der Waals surface area contributed by atoms with Gasteiger partial charge in [-0.05, 0) is 55.7 Å². The molecule has 2 aromatic carbocycles. The molecule has 0 spiro atoms. The number of aromatic nitrogens is 3. The van der Waals surface area contributed by atoms with Crippen LogP contribution in [0.5, 0.6) is 11.5 Å². The Hall–Kier alpha value is -4.66. The second-order valence-corrected chi connectivity index (χ2v) is 11.2. The first kappa shape index (κ1) is 27.5. The van der Waals surface area contributed by atoms with Crippen molar-refractivity contribution in [2.45, 2.75) is 46.3 Å². The normalized spacial score (nSPS) is 16.2. The summed E-state index contributed by atoms with van der Waals surface area (Å²) in [5.74, 6) is 2.01. The van der Waals surface area contributed by atoms with Gasteiger partial charge in [0.05, 0.1) is 24.0 Å². The number of piperazine rings is 1. The number of pyridine rings is 1. The summed E-state index contributed by atoms with van der Waals surface area (Å²) < 4.78 is 13.8. The number of carbonyl (C=O) groups is 1. The van der Waals surface area contributed by atoms with E-state index in [2.05, 4.69) is 30.3 Å². The molecule has 2 aliphatic rings. The summed E-state index contributed by atoms with van der Waals surface area (Å²) in [7, 11) is 1.66. The molecule has 2 aromatic heterocycles. The molecule has 1 amide bonds. The minimum atomic E-state index is -0.385. The Morgan fingerprint density at radius 1 is 1.21 bits per heavy atom.